The quantitative estimate of drug-likeness (QED) is 0.0477. The number of aromatic nitrogens is 1. The van der Waals surface area contributed by atoms with Crippen molar-refractivity contribution in [3.05, 3.63) is 82.9 Å². The number of oxime groups is 1. The standard InChI is InChI=1S/C36H40N8O9S2/c1-34(2,3)52-31(49)35(4,5)53-41-23(22-18-54-33(37)39-22)26(45)40-24-27(46)42-19-36(55-30(24)42,43-16-17-44(38)29(48)28(43)47)32(50)51-25(20-12-8-6-9-13-20)21-14-10-7-11-15-21/h6-15,18,24-25,30H,16-17,19,38H2,1-5H3,(H2,37,39)(H,40,45)/b41-23-/t24-,30-,36-/m1/s1. The van der Waals surface area contributed by atoms with E-state index in [0.717, 1.165) is 33.0 Å². The fourth-order valence-electron chi connectivity index (χ4n) is 5.98. The van der Waals surface area contributed by atoms with Gasteiger partial charge >= 0.3 is 23.8 Å². The van der Waals surface area contributed by atoms with Crippen LogP contribution in [0.25, 0.3) is 0 Å². The molecule has 290 valence electrons. The summed E-state index contributed by atoms with van der Waals surface area (Å²) in [5, 5.41) is 8.05. The van der Waals surface area contributed by atoms with Crippen molar-refractivity contribution in [1.82, 2.24) is 25.1 Å². The van der Waals surface area contributed by atoms with Crippen LogP contribution in [0.2, 0.25) is 0 Å². The van der Waals surface area contributed by atoms with Gasteiger partial charge in [0.25, 0.3) is 5.91 Å². The highest BCUT2D eigenvalue weighted by atomic mass is 32.2. The van der Waals surface area contributed by atoms with Crippen LogP contribution >= 0.6 is 23.1 Å². The number of anilines is 1. The van der Waals surface area contributed by atoms with Gasteiger partial charge in [0.15, 0.2) is 16.9 Å². The Morgan fingerprint density at radius 2 is 1.58 bits per heavy atom. The molecule has 3 aliphatic heterocycles. The summed E-state index contributed by atoms with van der Waals surface area (Å²) in [6, 6.07) is 16.7. The average Bonchev–Trinajstić information content (AvgIpc) is 3.74. The van der Waals surface area contributed by atoms with E-state index in [1.54, 1.807) is 69.3 Å². The number of thiazole rings is 1. The molecule has 3 aromatic rings. The fraction of sp³-hybridized carbons (Fsp3) is 0.389. The number of carbonyl (C=O) groups excluding carboxylic acids is 6. The van der Waals surface area contributed by atoms with Gasteiger partial charge in [-0.25, -0.2) is 20.4 Å². The number of nitrogens with zero attached hydrogens (tertiary/aromatic N) is 5. The van der Waals surface area contributed by atoms with E-state index in [4.69, 9.17) is 25.9 Å². The number of carbonyl (C=O) groups is 6. The molecule has 0 radical (unpaired) electrons. The third-order valence-electron chi connectivity index (χ3n) is 8.80. The van der Waals surface area contributed by atoms with Crippen molar-refractivity contribution in [2.75, 3.05) is 25.4 Å². The Bertz CT molecular complexity index is 2000. The lowest BCUT2D eigenvalue weighted by Gasteiger charge is -2.41. The SMILES string of the molecule is CC(C)(C)OC(=O)C(C)(C)O/N=C(\C(=O)N[C@@H]1C(=O)N2C[C@@](C(=O)OC(c3ccccc3)c3ccccc3)(N3CCN(N)C(=O)C3=O)S[C@H]12)c1csc(N)n1. The summed E-state index contributed by atoms with van der Waals surface area (Å²) in [5.41, 5.74) is 4.28. The zero-order chi connectivity index (χ0) is 39.9. The second-order valence-corrected chi connectivity index (χ2v) is 16.7. The number of benzene rings is 2. The smallest absolute Gasteiger partial charge is 0.353 e. The van der Waals surface area contributed by atoms with Crippen LogP contribution < -0.4 is 16.9 Å². The molecule has 17 nitrogen and oxygen atoms in total. The van der Waals surface area contributed by atoms with Gasteiger partial charge in [-0.2, -0.15) is 0 Å². The first kappa shape index (κ1) is 39.2. The van der Waals surface area contributed by atoms with Crippen molar-refractivity contribution in [2.45, 2.75) is 68.2 Å². The molecule has 3 fully saturated rings. The number of hydrogen-bond donors (Lipinski definition) is 3. The van der Waals surface area contributed by atoms with E-state index in [1.807, 2.05) is 12.1 Å². The number of piperazine rings is 1. The summed E-state index contributed by atoms with van der Waals surface area (Å²) in [6.07, 6.45) is -0.914. The fourth-order valence-corrected chi connectivity index (χ4v) is 8.21. The van der Waals surface area contributed by atoms with Crippen molar-refractivity contribution in [3.63, 3.8) is 0 Å². The van der Waals surface area contributed by atoms with Crippen LogP contribution in [0, 0.1) is 0 Å². The normalized spacial score (nSPS) is 21.6. The maximum absolute atomic E-state index is 14.6. The van der Waals surface area contributed by atoms with E-state index in [9.17, 15) is 28.8 Å². The lowest BCUT2D eigenvalue weighted by atomic mass is 10.0. The van der Waals surface area contributed by atoms with Gasteiger partial charge in [0.1, 0.15) is 22.7 Å². The maximum Gasteiger partial charge on any atom is 0.353 e. The molecule has 4 heterocycles. The molecule has 0 spiro atoms. The van der Waals surface area contributed by atoms with Gasteiger partial charge in [-0.3, -0.25) is 24.2 Å². The summed E-state index contributed by atoms with van der Waals surface area (Å²) >= 11 is 1.92. The number of fused-ring (bicyclic) bond motifs is 1. The monoisotopic (exact) mass is 792 g/mol. The van der Waals surface area contributed by atoms with Gasteiger partial charge in [0.05, 0.1) is 13.1 Å². The summed E-state index contributed by atoms with van der Waals surface area (Å²) < 4.78 is 11.7. The number of thioether (sulfide) groups is 1. The number of nitrogens with one attached hydrogen (secondary N) is 1. The number of amides is 4. The van der Waals surface area contributed by atoms with Crippen LogP contribution in [0.1, 0.15) is 57.5 Å². The zero-order valence-electron chi connectivity index (χ0n) is 30.6. The van der Waals surface area contributed by atoms with E-state index >= 15 is 0 Å². The Kier molecular flexibility index (Phi) is 10.6. The molecule has 5 N–H and O–H groups in total. The molecule has 3 atom stereocenters. The molecule has 0 bridgehead atoms. The van der Waals surface area contributed by atoms with E-state index in [0.29, 0.717) is 11.1 Å². The minimum Gasteiger partial charge on any atom is -0.457 e. The van der Waals surface area contributed by atoms with Crippen molar-refractivity contribution < 1.29 is 43.1 Å². The number of rotatable bonds is 11. The molecule has 6 rings (SSSR count). The molecule has 2 aromatic carbocycles. The number of β-lactam (4-membered cyclic amide) rings is 1. The summed E-state index contributed by atoms with van der Waals surface area (Å²) in [5.74, 6) is 0.564. The second kappa shape index (κ2) is 15.0. The van der Waals surface area contributed by atoms with E-state index in [2.05, 4.69) is 15.5 Å². The summed E-state index contributed by atoms with van der Waals surface area (Å²) in [4.78, 5) is 91.6. The molecule has 19 heteroatoms. The van der Waals surface area contributed by atoms with Crippen molar-refractivity contribution >= 4 is 69.5 Å². The largest absolute Gasteiger partial charge is 0.457 e. The molecule has 0 unspecified atom stereocenters. The first-order valence-electron chi connectivity index (χ1n) is 17.1. The van der Waals surface area contributed by atoms with Gasteiger partial charge < -0.3 is 35.2 Å². The molecule has 0 aliphatic carbocycles. The number of ether oxygens (including phenoxy) is 2. The van der Waals surface area contributed by atoms with Gasteiger partial charge in [-0.15, -0.1) is 11.3 Å². The van der Waals surface area contributed by atoms with E-state index < -0.39 is 74.9 Å². The van der Waals surface area contributed by atoms with E-state index in [1.165, 1.54) is 24.1 Å². The second-order valence-electron chi connectivity index (χ2n) is 14.4. The van der Waals surface area contributed by atoms with E-state index in [-0.39, 0.29) is 30.5 Å². The van der Waals surface area contributed by atoms with Gasteiger partial charge in [-0.05, 0) is 45.7 Å². The van der Waals surface area contributed by atoms with Crippen molar-refractivity contribution in [2.24, 2.45) is 11.0 Å². The molecule has 55 heavy (non-hydrogen) atoms. The van der Waals surface area contributed by atoms with Crippen LogP contribution in [0.15, 0.2) is 71.2 Å². The number of esters is 2. The highest BCUT2D eigenvalue weighted by molar-refractivity contribution is 8.02. The minimum absolute atomic E-state index is 0.0113. The molecule has 1 aromatic heterocycles. The van der Waals surface area contributed by atoms with Crippen molar-refractivity contribution in [1.29, 1.82) is 0 Å². The number of hydrogen-bond acceptors (Lipinski definition) is 15. The number of nitrogen functional groups attached to an aromatic ring is 1. The minimum atomic E-state index is -1.91. The third kappa shape index (κ3) is 7.85. The Morgan fingerprint density at radius 1 is 0.964 bits per heavy atom. The first-order valence-corrected chi connectivity index (χ1v) is 18.9. The van der Waals surface area contributed by atoms with Crippen LogP contribution in [0.3, 0.4) is 0 Å². The van der Waals surface area contributed by atoms with Crippen molar-refractivity contribution in [3.8, 4) is 0 Å². The Morgan fingerprint density at radius 3 is 2.15 bits per heavy atom. The van der Waals surface area contributed by atoms with Gasteiger partial charge in [0, 0.05) is 11.9 Å². The highest BCUT2D eigenvalue weighted by Crippen LogP contribution is 2.50. The lowest BCUT2D eigenvalue weighted by Crippen LogP contribution is -2.69. The summed E-state index contributed by atoms with van der Waals surface area (Å²) in [6.45, 7) is 7.31. The van der Waals surface area contributed by atoms with Crippen LogP contribution in [-0.4, -0.2) is 108 Å². The maximum atomic E-state index is 14.6. The molecule has 4 amide bonds. The lowest BCUT2D eigenvalue weighted by molar-refractivity contribution is -0.179. The average molecular weight is 793 g/mol. The first-order chi connectivity index (χ1) is 25.9. The Labute approximate surface area is 324 Å². The molecule has 3 aliphatic rings. The predicted octanol–water partition coefficient (Wildman–Crippen LogP) is 1.54. The Balaban J connectivity index is 1.29. The van der Waals surface area contributed by atoms with Crippen LogP contribution in [0.4, 0.5) is 5.13 Å². The zero-order valence-corrected chi connectivity index (χ0v) is 32.2. The topological polar surface area (TPSA) is 229 Å². The number of nitrogens with two attached hydrogens (primary N) is 2. The third-order valence-corrected chi connectivity index (χ3v) is 11.1. The van der Waals surface area contributed by atoms with Crippen LogP contribution in [-0.2, 0) is 43.1 Å². The van der Waals surface area contributed by atoms with Crippen LogP contribution in [0.5, 0.6) is 0 Å². The predicted molar refractivity (Wildman–Crippen MR) is 200 cm³/mol. The summed E-state index contributed by atoms with van der Waals surface area (Å²) in [7, 11) is 0. The highest BCUT2D eigenvalue weighted by Gasteiger charge is 2.67. The molecule has 3 saturated heterocycles. The van der Waals surface area contributed by atoms with Gasteiger partial charge in [0.2, 0.25) is 16.4 Å². The van der Waals surface area contributed by atoms with Gasteiger partial charge in [-0.1, -0.05) is 77.6 Å². The molecular weight excluding hydrogens is 753 g/mol. The number of hydrazine groups is 1. The Hall–Kier alpha value is -5.53. The molecular formula is C36H40N8O9S2. The molecule has 0 saturated carbocycles.